The fourth-order valence-electron chi connectivity index (χ4n) is 3.95. The summed E-state index contributed by atoms with van der Waals surface area (Å²) in [5, 5.41) is 2.19. The molecule has 2 aliphatic rings. The minimum absolute atomic E-state index is 0.346. The Hall–Kier alpha value is -0.300. The van der Waals surface area contributed by atoms with Crippen LogP contribution in [0.15, 0.2) is 11.6 Å². The zero-order chi connectivity index (χ0) is 12.6. The lowest BCUT2D eigenvalue weighted by atomic mass is 9.61. The Morgan fingerprint density at radius 1 is 1.41 bits per heavy atom. The molecule has 4 atom stereocenters. The maximum Gasteiger partial charge on any atom is 0.0735 e. The molecule has 98 valence electrons. The van der Waals surface area contributed by atoms with Crippen LogP contribution in [0.3, 0.4) is 0 Å². The molecule has 0 aliphatic heterocycles. The van der Waals surface area contributed by atoms with Crippen molar-refractivity contribution < 1.29 is 5.32 Å². The van der Waals surface area contributed by atoms with Crippen molar-refractivity contribution in [1.82, 2.24) is 0 Å². The molecule has 17 heavy (non-hydrogen) atoms. The van der Waals surface area contributed by atoms with E-state index in [-0.39, 0.29) is 0 Å². The number of quaternary nitrogens is 1. The Morgan fingerprint density at radius 3 is 2.71 bits per heavy atom. The first-order valence-corrected chi connectivity index (χ1v) is 7.30. The molecular formula is C16H29N. The summed E-state index contributed by atoms with van der Waals surface area (Å²) in [6, 6.07) is 0. The third kappa shape index (κ3) is 2.45. The van der Waals surface area contributed by atoms with E-state index in [0.29, 0.717) is 5.54 Å². The van der Waals surface area contributed by atoms with Crippen molar-refractivity contribution in [3.63, 3.8) is 0 Å². The van der Waals surface area contributed by atoms with E-state index < -0.39 is 0 Å². The summed E-state index contributed by atoms with van der Waals surface area (Å²) >= 11 is 0. The van der Waals surface area contributed by atoms with Gasteiger partial charge in [-0.1, -0.05) is 32.4 Å². The van der Waals surface area contributed by atoms with Crippen LogP contribution in [0, 0.1) is 30.7 Å². The second-order valence-corrected chi connectivity index (χ2v) is 6.96. The van der Waals surface area contributed by atoms with Crippen LogP contribution in [0.2, 0.25) is 0 Å². The largest absolute Gasteiger partial charge is 0.474 e. The average molecular weight is 235 g/mol. The topological polar surface area (TPSA) is 16.6 Å². The van der Waals surface area contributed by atoms with E-state index in [1.165, 1.54) is 25.7 Å². The number of rotatable bonds is 2. The van der Waals surface area contributed by atoms with Gasteiger partial charge in [0.2, 0.25) is 0 Å². The van der Waals surface area contributed by atoms with Crippen molar-refractivity contribution in [2.75, 3.05) is 0 Å². The highest BCUT2D eigenvalue weighted by molar-refractivity contribution is 5.20. The van der Waals surface area contributed by atoms with Crippen molar-refractivity contribution in [3.05, 3.63) is 18.7 Å². The third-order valence-electron chi connectivity index (χ3n) is 5.29. The highest BCUT2D eigenvalue weighted by Gasteiger charge is 2.41. The van der Waals surface area contributed by atoms with Crippen LogP contribution in [0.5, 0.6) is 0 Å². The molecule has 0 heterocycles. The molecule has 1 heteroatoms. The molecule has 1 fully saturated rings. The van der Waals surface area contributed by atoms with E-state index in [0.717, 1.165) is 23.7 Å². The molecule has 1 saturated carbocycles. The summed E-state index contributed by atoms with van der Waals surface area (Å²) in [5.41, 5.74) is 2.12. The van der Waals surface area contributed by atoms with Gasteiger partial charge in [0.15, 0.2) is 0 Å². The predicted molar refractivity (Wildman–Crippen MR) is 73.2 cm³/mol. The van der Waals surface area contributed by atoms with Gasteiger partial charge in [0, 0.05) is 12.8 Å². The van der Waals surface area contributed by atoms with Crippen LogP contribution >= 0.6 is 0 Å². The van der Waals surface area contributed by atoms with E-state index in [2.05, 4.69) is 46.1 Å². The van der Waals surface area contributed by atoms with Crippen LogP contribution in [-0.2, 0) is 0 Å². The normalized spacial score (nSPS) is 42.2. The first-order valence-electron chi connectivity index (χ1n) is 7.30. The van der Waals surface area contributed by atoms with Gasteiger partial charge >= 0.3 is 0 Å². The first-order chi connectivity index (χ1) is 7.97. The number of allylic oxidation sites excluding steroid dienone is 1. The molecule has 2 rings (SSSR count). The average Bonchev–Trinajstić information content (AvgIpc) is 2.29. The molecule has 0 unspecified atom stereocenters. The van der Waals surface area contributed by atoms with Crippen molar-refractivity contribution in [2.24, 2.45) is 23.7 Å². The Labute approximate surface area is 107 Å². The zero-order valence-corrected chi connectivity index (χ0v) is 12.0. The van der Waals surface area contributed by atoms with Gasteiger partial charge in [-0.05, 0) is 43.4 Å². The number of nitrogens with two attached hydrogens (primary N) is 1. The fraction of sp³-hybridized carbons (Fsp3) is 0.812. The third-order valence-corrected chi connectivity index (χ3v) is 5.29. The maximum absolute atomic E-state index is 4.05. The monoisotopic (exact) mass is 235 g/mol. The quantitative estimate of drug-likeness (QED) is 0.559. The zero-order valence-electron chi connectivity index (χ0n) is 12.0. The van der Waals surface area contributed by atoms with E-state index in [9.17, 15) is 0 Å². The van der Waals surface area contributed by atoms with Crippen LogP contribution in [0.4, 0.5) is 0 Å². The standard InChI is InChI=1S/C16H29N/c1-11(2)13-7-6-12(3)14-8-9-16(4,17-5)10-15(13)14/h8,11-13,15H,5-7,9-10,17H2,1-4H3/t12-,13-,15-,16+/m1/s1. The minimum atomic E-state index is 0.346. The molecule has 0 spiro atoms. The Balaban J connectivity index is 2.25. The van der Waals surface area contributed by atoms with Gasteiger partial charge in [0.05, 0.1) is 5.54 Å². The smallest absolute Gasteiger partial charge is 0.0735 e. The van der Waals surface area contributed by atoms with E-state index in [4.69, 9.17) is 0 Å². The predicted octanol–water partition coefficient (Wildman–Crippen LogP) is 3.14. The lowest BCUT2D eigenvalue weighted by Crippen LogP contribution is -2.91. The first kappa shape index (κ1) is 13.1. The molecule has 1 nitrogen and oxygen atoms in total. The molecule has 0 bridgehead atoms. The highest BCUT2D eigenvalue weighted by Crippen LogP contribution is 2.47. The van der Waals surface area contributed by atoms with Crippen LogP contribution in [0.1, 0.15) is 53.4 Å². The lowest BCUT2D eigenvalue weighted by Gasteiger charge is -2.47. The molecule has 0 aromatic heterocycles. The Bertz CT molecular complexity index is 305. The van der Waals surface area contributed by atoms with Crippen molar-refractivity contribution in [2.45, 2.75) is 58.9 Å². The van der Waals surface area contributed by atoms with Crippen molar-refractivity contribution in [1.29, 1.82) is 0 Å². The summed E-state index contributed by atoms with van der Waals surface area (Å²) in [4.78, 5) is 0. The summed E-state index contributed by atoms with van der Waals surface area (Å²) < 4.78 is 0. The van der Waals surface area contributed by atoms with Crippen LogP contribution < -0.4 is 5.32 Å². The van der Waals surface area contributed by atoms with Gasteiger partial charge in [-0.25, -0.2) is 0 Å². The Kier molecular flexibility index (Phi) is 3.68. The second-order valence-electron chi connectivity index (χ2n) is 6.96. The molecule has 2 N–H and O–H groups in total. The van der Waals surface area contributed by atoms with Crippen molar-refractivity contribution in [3.8, 4) is 0 Å². The van der Waals surface area contributed by atoms with E-state index in [1.54, 1.807) is 5.57 Å². The summed E-state index contributed by atoms with van der Waals surface area (Å²) in [5.74, 6) is 3.37. The Morgan fingerprint density at radius 2 is 2.12 bits per heavy atom. The lowest BCUT2D eigenvalue weighted by molar-refractivity contribution is -0.674. The van der Waals surface area contributed by atoms with Crippen LogP contribution in [-0.4, -0.2) is 5.54 Å². The summed E-state index contributed by atoms with van der Waals surface area (Å²) in [6.45, 7) is 9.60. The number of hydrogen-bond acceptors (Lipinski definition) is 0. The van der Waals surface area contributed by atoms with Gasteiger partial charge in [0.25, 0.3) is 0 Å². The van der Waals surface area contributed by atoms with Gasteiger partial charge in [-0.3, -0.25) is 0 Å². The van der Waals surface area contributed by atoms with Crippen LogP contribution in [0.25, 0.3) is 0 Å². The fourth-order valence-corrected chi connectivity index (χ4v) is 3.95. The number of fused-ring (bicyclic) bond motifs is 1. The molecule has 0 saturated heterocycles. The van der Waals surface area contributed by atoms with Gasteiger partial charge < -0.3 is 5.32 Å². The molecular weight excluding hydrogens is 206 g/mol. The minimum Gasteiger partial charge on any atom is -0.474 e. The summed E-state index contributed by atoms with van der Waals surface area (Å²) in [7, 11) is 4.05. The molecule has 0 aromatic carbocycles. The summed E-state index contributed by atoms with van der Waals surface area (Å²) in [6.07, 6.45) is 7.91. The van der Waals surface area contributed by atoms with Crippen molar-refractivity contribution >= 4 is 0 Å². The second kappa shape index (κ2) is 4.76. The number of hydrogen-bond donors (Lipinski definition) is 1. The van der Waals surface area contributed by atoms with Gasteiger partial charge in [0.1, 0.15) is 0 Å². The van der Waals surface area contributed by atoms with Gasteiger partial charge in [-0.15, -0.1) is 0 Å². The molecule has 2 aliphatic carbocycles. The highest BCUT2D eigenvalue weighted by atomic mass is 14.9. The van der Waals surface area contributed by atoms with E-state index in [1.807, 2.05) is 0 Å². The SMILES string of the molecule is [CH2-][NH2+][C@@]1(C)CC=C2[C@H](C)CC[C@H](C(C)C)[C@H]2C1. The molecule has 0 radical (unpaired) electrons. The van der Waals surface area contributed by atoms with Gasteiger partial charge in [-0.2, -0.15) is 7.05 Å². The molecule has 0 aromatic rings. The molecule has 0 amide bonds. The maximum atomic E-state index is 4.05. The van der Waals surface area contributed by atoms with E-state index >= 15 is 0 Å².